The molecule has 0 bridgehead atoms. The number of nitriles is 1. The Kier molecular flexibility index (Phi) is 5.30. The summed E-state index contributed by atoms with van der Waals surface area (Å²) < 4.78 is 25.0. The van der Waals surface area contributed by atoms with Crippen LogP contribution in [-0.4, -0.2) is 39.5 Å². The third-order valence-corrected chi connectivity index (χ3v) is 5.23. The number of benzene rings is 1. The summed E-state index contributed by atoms with van der Waals surface area (Å²) in [7, 11) is 0. The Morgan fingerprint density at radius 1 is 1.63 bits per heavy atom. The molecule has 142 valence electrons. The number of rotatable bonds is 5. The minimum Gasteiger partial charge on any atom is -0.483 e. The topological polar surface area (TPSA) is 95.7 Å². The molecule has 1 amide bonds. The van der Waals surface area contributed by atoms with E-state index in [0.29, 0.717) is 6.42 Å². The molecule has 9 heteroatoms. The van der Waals surface area contributed by atoms with Crippen LogP contribution in [0, 0.1) is 17.1 Å². The molecule has 0 spiro atoms. The Bertz CT molecular complexity index is 866. The highest BCUT2D eigenvalue weighted by Gasteiger charge is 2.45. The van der Waals surface area contributed by atoms with Crippen molar-refractivity contribution >= 4 is 17.4 Å². The number of thiazole rings is 1. The molecule has 7 nitrogen and oxygen atoms in total. The second-order valence-electron chi connectivity index (χ2n) is 6.56. The fraction of sp³-hybridized carbons (Fsp3) is 0.389. The van der Waals surface area contributed by atoms with Crippen LogP contribution in [0.4, 0.5) is 9.18 Å². The number of carbonyl (C=O) groups is 1. The Morgan fingerprint density at radius 3 is 3.04 bits per heavy atom. The van der Waals surface area contributed by atoms with Gasteiger partial charge in [0.15, 0.2) is 0 Å². The predicted octanol–water partition coefficient (Wildman–Crippen LogP) is 3.78. The second-order valence-corrected chi connectivity index (χ2v) is 7.48. The van der Waals surface area contributed by atoms with E-state index < -0.39 is 29.8 Å². The summed E-state index contributed by atoms with van der Waals surface area (Å²) in [6, 6.07) is 5.19. The molecule has 2 atom stereocenters. The zero-order chi connectivity index (χ0) is 19.6. The van der Waals surface area contributed by atoms with Crippen LogP contribution in [0.3, 0.4) is 0 Å². The quantitative estimate of drug-likeness (QED) is 0.833. The van der Waals surface area contributed by atoms with E-state index in [1.54, 1.807) is 25.6 Å². The Labute approximate surface area is 159 Å². The van der Waals surface area contributed by atoms with Gasteiger partial charge in [-0.05, 0) is 32.0 Å². The third kappa shape index (κ3) is 4.02. The van der Waals surface area contributed by atoms with Gasteiger partial charge in [0.2, 0.25) is 0 Å². The summed E-state index contributed by atoms with van der Waals surface area (Å²) in [4.78, 5) is 17.8. The van der Waals surface area contributed by atoms with E-state index in [1.807, 2.05) is 6.07 Å². The molecule has 1 saturated heterocycles. The van der Waals surface area contributed by atoms with Crippen molar-refractivity contribution in [1.29, 1.82) is 5.26 Å². The van der Waals surface area contributed by atoms with E-state index in [9.17, 15) is 19.6 Å². The molecule has 27 heavy (non-hydrogen) atoms. The molecule has 1 N–H and O–H groups in total. The van der Waals surface area contributed by atoms with Crippen LogP contribution in [-0.2, 0) is 4.74 Å². The van der Waals surface area contributed by atoms with Gasteiger partial charge in [0.05, 0.1) is 28.6 Å². The van der Waals surface area contributed by atoms with Crippen LogP contribution in [0.15, 0.2) is 29.9 Å². The molecule has 0 aliphatic carbocycles. The van der Waals surface area contributed by atoms with Crippen LogP contribution >= 0.6 is 11.3 Å². The minimum absolute atomic E-state index is 0.0719. The predicted molar refractivity (Wildman–Crippen MR) is 94.9 cm³/mol. The lowest BCUT2D eigenvalue weighted by molar-refractivity contribution is -0.0428. The van der Waals surface area contributed by atoms with Crippen molar-refractivity contribution in [1.82, 2.24) is 9.88 Å². The van der Waals surface area contributed by atoms with Crippen LogP contribution in [0.1, 0.15) is 36.8 Å². The zero-order valence-electron chi connectivity index (χ0n) is 14.8. The molecule has 2 aromatic rings. The smallest absolute Gasteiger partial charge is 0.409 e. The first-order valence-corrected chi connectivity index (χ1v) is 9.10. The lowest BCUT2D eigenvalue weighted by Crippen LogP contribution is -2.47. The van der Waals surface area contributed by atoms with Crippen LogP contribution in [0.25, 0.3) is 0 Å². The largest absolute Gasteiger partial charge is 0.483 e. The third-order valence-electron chi connectivity index (χ3n) is 4.37. The molecule has 0 radical (unpaired) electrons. The van der Waals surface area contributed by atoms with Gasteiger partial charge in [0.25, 0.3) is 0 Å². The molecule has 2 heterocycles. The summed E-state index contributed by atoms with van der Waals surface area (Å²) in [6.45, 7) is 3.61. The van der Waals surface area contributed by atoms with E-state index >= 15 is 0 Å². The van der Waals surface area contributed by atoms with Gasteiger partial charge in [-0.3, -0.25) is 9.88 Å². The lowest BCUT2D eigenvalue weighted by Gasteiger charge is -2.32. The van der Waals surface area contributed by atoms with Crippen molar-refractivity contribution in [2.24, 2.45) is 0 Å². The molecule has 0 unspecified atom stereocenters. The zero-order valence-corrected chi connectivity index (χ0v) is 15.6. The van der Waals surface area contributed by atoms with Gasteiger partial charge in [-0.15, -0.1) is 11.3 Å². The molecule has 1 aromatic carbocycles. The average Bonchev–Trinajstić information content (AvgIpc) is 3.23. The molecular weight excluding hydrogens is 373 g/mol. The highest BCUT2D eigenvalue weighted by Crippen LogP contribution is 2.36. The summed E-state index contributed by atoms with van der Waals surface area (Å²) in [5.74, 6) is -0.298. The van der Waals surface area contributed by atoms with E-state index in [-0.39, 0.29) is 17.9 Å². The fourth-order valence-corrected chi connectivity index (χ4v) is 3.80. The Balaban J connectivity index is 1.88. The van der Waals surface area contributed by atoms with Gasteiger partial charge < -0.3 is 14.6 Å². The first kappa shape index (κ1) is 19.1. The summed E-state index contributed by atoms with van der Waals surface area (Å²) in [6.07, 6.45) is 0.307. The first-order valence-electron chi connectivity index (χ1n) is 8.22. The number of aromatic nitrogens is 1. The van der Waals surface area contributed by atoms with Gasteiger partial charge >= 0.3 is 6.09 Å². The maximum absolute atomic E-state index is 13.4. The molecule has 1 fully saturated rings. The number of hydrogen-bond donors (Lipinski definition) is 1. The fourth-order valence-electron chi connectivity index (χ4n) is 3.14. The van der Waals surface area contributed by atoms with Crippen LogP contribution < -0.4 is 4.74 Å². The number of halogens is 1. The number of carboxylic acid groups (broad SMARTS) is 1. The molecule has 1 aliphatic heterocycles. The highest BCUT2D eigenvalue weighted by atomic mass is 32.1. The first-order chi connectivity index (χ1) is 12.8. The van der Waals surface area contributed by atoms with Crippen molar-refractivity contribution in [2.75, 3.05) is 6.61 Å². The van der Waals surface area contributed by atoms with Crippen molar-refractivity contribution in [3.63, 3.8) is 0 Å². The summed E-state index contributed by atoms with van der Waals surface area (Å²) in [5, 5.41) is 18.8. The SMILES string of the molecule is CC1(C)OC[C@H](C[C@@H](Oc2ccc(F)cc2C#N)c2cncs2)N1C(=O)O. The number of amides is 1. The van der Waals surface area contributed by atoms with E-state index in [4.69, 9.17) is 9.47 Å². The number of hydrogen-bond acceptors (Lipinski definition) is 6. The van der Waals surface area contributed by atoms with Gasteiger partial charge in [-0.2, -0.15) is 5.26 Å². The van der Waals surface area contributed by atoms with Gasteiger partial charge in [-0.25, -0.2) is 9.18 Å². The van der Waals surface area contributed by atoms with Gasteiger partial charge in [0, 0.05) is 12.6 Å². The van der Waals surface area contributed by atoms with Crippen molar-refractivity contribution < 1.29 is 23.8 Å². The van der Waals surface area contributed by atoms with E-state index in [2.05, 4.69) is 4.98 Å². The van der Waals surface area contributed by atoms with Crippen LogP contribution in [0.2, 0.25) is 0 Å². The van der Waals surface area contributed by atoms with Crippen molar-refractivity contribution in [3.05, 3.63) is 46.2 Å². The normalized spacial score (nSPS) is 19.5. The Morgan fingerprint density at radius 2 is 2.41 bits per heavy atom. The van der Waals surface area contributed by atoms with Crippen LogP contribution in [0.5, 0.6) is 5.75 Å². The molecular formula is C18H18FN3O4S. The van der Waals surface area contributed by atoms with Crippen molar-refractivity contribution in [2.45, 2.75) is 38.1 Å². The maximum atomic E-state index is 13.4. The number of nitrogens with zero attached hydrogens (tertiary/aromatic N) is 3. The molecule has 0 saturated carbocycles. The van der Waals surface area contributed by atoms with E-state index in [1.165, 1.54) is 28.4 Å². The summed E-state index contributed by atoms with van der Waals surface area (Å²) >= 11 is 1.36. The summed E-state index contributed by atoms with van der Waals surface area (Å²) in [5.41, 5.74) is 0.774. The monoisotopic (exact) mass is 391 g/mol. The van der Waals surface area contributed by atoms with Crippen molar-refractivity contribution in [3.8, 4) is 11.8 Å². The maximum Gasteiger partial charge on any atom is 0.409 e. The van der Waals surface area contributed by atoms with Gasteiger partial charge in [0.1, 0.15) is 29.5 Å². The molecule has 3 rings (SSSR count). The second kappa shape index (κ2) is 7.50. The molecule has 1 aromatic heterocycles. The number of ether oxygens (including phenoxy) is 2. The standard InChI is InChI=1S/C18H18FN3O4S/c1-18(2)22(17(23)24)13(9-25-18)6-15(16-8-21-10-27-16)26-14-4-3-12(19)5-11(14)7-20/h3-5,8,10,13,15H,6,9H2,1-2H3,(H,23,24)/t13-,15+/m0/s1. The Hall–Kier alpha value is -2.70. The minimum atomic E-state index is -1.08. The highest BCUT2D eigenvalue weighted by molar-refractivity contribution is 7.09. The average molecular weight is 391 g/mol. The van der Waals surface area contributed by atoms with Gasteiger partial charge in [-0.1, -0.05) is 0 Å². The lowest BCUT2D eigenvalue weighted by atomic mass is 10.1. The van der Waals surface area contributed by atoms with E-state index in [0.717, 1.165) is 10.9 Å². The molecule has 1 aliphatic rings.